The van der Waals surface area contributed by atoms with Gasteiger partial charge in [-0.3, -0.25) is 9.69 Å². The molecule has 1 heterocycles. The number of aliphatic hydroxyl groups is 1. The highest BCUT2D eigenvalue weighted by atomic mass is 16.5. The van der Waals surface area contributed by atoms with Gasteiger partial charge in [-0.1, -0.05) is 12.1 Å². The molecular formula is C19H28N2O4. The van der Waals surface area contributed by atoms with Gasteiger partial charge in [0, 0.05) is 32.2 Å². The SMILES string of the molecule is COc1ccc(COCC(=O)N2CCN([C@H]3CCC[C@H]3O)CC2)cc1. The third-order valence-corrected chi connectivity index (χ3v) is 5.23. The predicted molar refractivity (Wildman–Crippen MR) is 94.4 cm³/mol. The Morgan fingerprint density at radius 1 is 1.16 bits per heavy atom. The van der Waals surface area contributed by atoms with Crippen LogP contribution >= 0.6 is 0 Å². The van der Waals surface area contributed by atoms with E-state index in [0.717, 1.165) is 43.7 Å². The van der Waals surface area contributed by atoms with Crippen LogP contribution in [0.4, 0.5) is 0 Å². The van der Waals surface area contributed by atoms with Gasteiger partial charge in [0.05, 0.1) is 19.8 Å². The molecule has 0 aromatic heterocycles. The van der Waals surface area contributed by atoms with Gasteiger partial charge < -0.3 is 19.5 Å². The van der Waals surface area contributed by atoms with E-state index in [1.165, 1.54) is 0 Å². The fourth-order valence-corrected chi connectivity index (χ4v) is 3.72. The number of carbonyl (C=O) groups excluding carboxylic acids is 1. The average molecular weight is 348 g/mol. The topological polar surface area (TPSA) is 62.2 Å². The van der Waals surface area contributed by atoms with Crippen molar-refractivity contribution in [3.05, 3.63) is 29.8 Å². The summed E-state index contributed by atoms with van der Waals surface area (Å²) in [6.45, 7) is 3.64. The molecule has 1 saturated carbocycles. The molecule has 0 radical (unpaired) electrons. The van der Waals surface area contributed by atoms with E-state index in [0.29, 0.717) is 19.7 Å². The molecule has 0 spiro atoms. The molecule has 2 aliphatic rings. The number of aliphatic hydroxyl groups excluding tert-OH is 1. The van der Waals surface area contributed by atoms with E-state index in [2.05, 4.69) is 4.90 Å². The van der Waals surface area contributed by atoms with E-state index in [9.17, 15) is 9.90 Å². The van der Waals surface area contributed by atoms with Gasteiger partial charge in [-0.25, -0.2) is 0 Å². The van der Waals surface area contributed by atoms with Crippen LogP contribution in [0.25, 0.3) is 0 Å². The molecule has 25 heavy (non-hydrogen) atoms. The zero-order chi connectivity index (χ0) is 17.6. The zero-order valence-corrected chi connectivity index (χ0v) is 14.9. The molecule has 2 fully saturated rings. The van der Waals surface area contributed by atoms with Gasteiger partial charge in [0.2, 0.25) is 5.91 Å². The first-order chi connectivity index (χ1) is 12.2. The van der Waals surface area contributed by atoms with Crippen molar-refractivity contribution in [1.29, 1.82) is 0 Å². The van der Waals surface area contributed by atoms with E-state index in [-0.39, 0.29) is 24.7 Å². The van der Waals surface area contributed by atoms with Crippen molar-refractivity contribution >= 4 is 5.91 Å². The van der Waals surface area contributed by atoms with Crippen LogP contribution < -0.4 is 4.74 Å². The number of benzene rings is 1. The molecule has 1 saturated heterocycles. The molecule has 0 bridgehead atoms. The molecule has 1 aromatic carbocycles. The summed E-state index contributed by atoms with van der Waals surface area (Å²) in [5.41, 5.74) is 1.02. The van der Waals surface area contributed by atoms with Crippen molar-refractivity contribution in [2.24, 2.45) is 0 Å². The molecule has 0 unspecified atom stereocenters. The number of methoxy groups -OCH3 is 1. The van der Waals surface area contributed by atoms with Crippen molar-refractivity contribution < 1.29 is 19.4 Å². The van der Waals surface area contributed by atoms with E-state index in [1.807, 2.05) is 29.2 Å². The summed E-state index contributed by atoms with van der Waals surface area (Å²) in [4.78, 5) is 16.5. The Labute approximate surface area is 149 Å². The molecular weight excluding hydrogens is 320 g/mol. The standard InChI is InChI=1S/C19H28N2O4/c1-24-16-7-5-15(6-8-16)13-25-14-19(23)21-11-9-20(10-12-21)17-3-2-4-18(17)22/h5-8,17-18,22H,2-4,9-14H2,1H3/t17-,18+/m0/s1. The van der Waals surface area contributed by atoms with Crippen LogP contribution in [0.3, 0.4) is 0 Å². The van der Waals surface area contributed by atoms with Crippen LogP contribution in [-0.4, -0.2) is 72.9 Å². The van der Waals surface area contributed by atoms with Crippen molar-refractivity contribution in [3.8, 4) is 5.75 Å². The molecule has 1 aliphatic carbocycles. The van der Waals surface area contributed by atoms with Crippen molar-refractivity contribution in [2.75, 3.05) is 39.9 Å². The number of rotatable bonds is 6. The van der Waals surface area contributed by atoms with E-state index in [4.69, 9.17) is 9.47 Å². The minimum Gasteiger partial charge on any atom is -0.497 e. The fraction of sp³-hybridized carbons (Fsp3) is 0.632. The van der Waals surface area contributed by atoms with Gasteiger partial charge in [0.1, 0.15) is 12.4 Å². The Kier molecular flexibility index (Phi) is 6.29. The maximum atomic E-state index is 12.3. The largest absolute Gasteiger partial charge is 0.497 e. The monoisotopic (exact) mass is 348 g/mol. The normalized spacial score (nSPS) is 24.5. The Balaban J connectivity index is 1.37. The Morgan fingerprint density at radius 3 is 2.48 bits per heavy atom. The summed E-state index contributed by atoms with van der Waals surface area (Å²) >= 11 is 0. The number of amides is 1. The average Bonchev–Trinajstić information content (AvgIpc) is 3.08. The summed E-state index contributed by atoms with van der Waals surface area (Å²) in [6, 6.07) is 7.93. The van der Waals surface area contributed by atoms with Crippen LogP contribution in [-0.2, 0) is 16.1 Å². The number of hydrogen-bond donors (Lipinski definition) is 1. The minimum absolute atomic E-state index is 0.0418. The first-order valence-electron chi connectivity index (χ1n) is 9.08. The second-order valence-electron chi connectivity index (χ2n) is 6.82. The summed E-state index contributed by atoms with van der Waals surface area (Å²) in [7, 11) is 1.64. The Morgan fingerprint density at radius 2 is 1.88 bits per heavy atom. The molecule has 1 aliphatic heterocycles. The Bertz CT molecular complexity index is 555. The number of hydrogen-bond acceptors (Lipinski definition) is 5. The van der Waals surface area contributed by atoms with Gasteiger partial charge in [-0.2, -0.15) is 0 Å². The number of ether oxygens (including phenoxy) is 2. The lowest BCUT2D eigenvalue weighted by atomic mass is 10.1. The highest BCUT2D eigenvalue weighted by Crippen LogP contribution is 2.25. The van der Waals surface area contributed by atoms with Gasteiger partial charge >= 0.3 is 0 Å². The summed E-state index contributed by atoms with van der Waals surface area (Å²) in [5.74, 6) is 0.852. The van der Waals surface area contributed by atoms with Crippen LogP contribution in [0.1, 0.15) is 24.8 Å². The first-order valence-corrected chi connectivity index (χ1v) is 9.08. The van der Waals surface area contributed by atoms with E-state index < -0.39 is 0 Å². The molecule has 1 aromatic rings. The molecule has 6 heteroatoms. The summed E-state index contributed by atoms with van der Waals surface area (Å²) in [6.07, 6.45) is 2.88. The number of nitrogens with zero attached hydrogens (tertiary/aromatic N) is 2. The fourth-order valence-electron chi connectivity index (χ4n) is 3.72. The molecule has 6 nitrogen and oxygen atoms in total. The van der Waals surface area contributed by atoms with Crippen molar-refractivity contribution in [1.82, 2.24) is 9.80 Å². The highest BCUT2D eigenvalue weighted by Gasteiger charge is 2.33. The van der Waals surface area contributed by atoms with E-state index >= 15 is 0 Å². The lowest BCUT2D eigenvalue weighted by Gasteiger charge is -2.39. The number of piperazine rings is 1. The van der Waals surface area contributed by atoms with Gasteiger partial charge in [0.25, 0.3) is 0 Å². The van der Waals surface area contributed by atoms with Crippen LogP contribution in [0, 0.1) is 0 Å². The predicted octanol–water partition coefficient (Wildman–Crippen LogP) is 1.27. The zero-order valence-electron chi connectivity index (χ0n) is 14.9. The third-order valence-electron chi connectivity index (χ3n) is 5.23. The lowest BCUT2D eigenvalue weighted by Crippen LogP contribution is -2.54. The summed E-state index contributed by atoms with van der Waals surface area (Å²) < 4.78 is 10.7. The minimum atomic E-state index is -0.199. The van der Waals surface area contributed by atoms with Crippen LogP contribution in [0.15, 0.2) is 24.3 Å². The maximum absolute atomic E-state index is 12.3. The Hall–Kier alpha value is -1.63. The van der Waals surface area contributed by atoms with E-state index in [1.54, 1.807) is 7.11 Å². The van der Waals surface area contributed by atoms with Gasteiger partial charge in [-0.05, 0) is 37.0 Å². The quantitative estimate of drug-likeness (QED) is 0.839. The molecule has 1 N–H and O–H groups in total. The van der Waals surface area contributed by atoms with Crippen molar-refractivity contribution in [2.45, 2.75) is 38.0 Å². The second kappa shape index (κ2) is 8.65. The first kappa shape index (κ1) is 18.2. The van der Waals surface area contributed by atoms with Gasteiger partial charge in [-0.15, -0.1) is 0 Å². The molecule has 2 atom stereocenters. The summed E-state index contributed by atoms with van der Waals surface area (Å²) in [5, 5.41) is 10.0. The smallest absolute Gasteiger partial charge is 0.248 e. The van der Waals surface area contributed by atoms with Crippen molar-refractivity contribution in [3.63, 3.8) is 0 Å². The molecule has 1 amide bonds. The molecule has 138 valence electrons. The third kappa shape index (κ3) is 4.71. The highest BCUT2D eigenvalue weighted by molar-refractivity contribution is 5.77. The van der Waals surface area contributed by atoms with Crippen LogP contribution in [0.5, 0.6) is 5.75 Å². The van der Waals surface area contributed by atoms with Crippen LogP contribution in [0.2, 0.25) is 0 Å². The van der Waals surface area contributed by atoms with Gasteiger partial charge in [0.15, 0.2) is 0 Å². The number of carbonyl (C=O) groups is 1. The lowest BCUT2D eigenvalue weighted by molar-refractivity contribution is -0.138. The molecule has 3 rings (SSSR count). The maximum Gasteiger partial charge on any atom is 0.248 e. The second-order valence-corrected chi connectivity index (χ2v) is 6.82.